The van der Waals surface area contributed by atoms with Crippen LogP contribution in [0.15, 0.2) is 54.6 Å². The van der Waals surface area contributed by atoms with Gasteiger partial charge in [-0.3, -0.25) is 4.79 Å². The van der Waals surface area contributed by atoms with Gasteiger partial charge in [0.2, 0.25) is 0 Å². The Kier molecular flexibility index (Phi) is 7.22. The number of nitrogens with one attached hydrogen (secondary N) is 3. The highest BCUT2D eigenvalue weighted by Gasteiger charge is 2.25. The first-order chi connectivity index (χ1) is 15.2. The van der Waals surface area contributed by atoms with E-state index in [0.717, 1.165) is 49.8 Å². The summed E-state index contributed by atoms with van der Waals surface area (Å²) in [7, 11) is 0. The van der Waals surface area contributed by atoms with Gasteiger partial charge in [-0.15, -0.1) is 0 Å². The smallest absolute Gasteiger partial charge is 0.275 e. The molecule has 164 valence electrons. The number of benzene rings is 2. The van der Waals surface area contributed by atoms with Crippen LogP contribution in [0, 0.1) is 0 Å². The molecule has 4 rings (SSSR count). The highest BCUT2D eigenvalue weighted by molar-refractivity contribution is 5.77. The van der Waals surface area contributed by atoms with Crippen molar-refractivity contribution in [3.63, 3.8) is 0 Å². The van der Waals surface area contributed by atoms with E-state index in [9.17, 15) is 4.79 Å². The molecular formula is C25H33N3O3+2. The average Bonchev–Trinajstić information content (AvgIpc) is 2.80. The molecular weight excluding hydrogens is 390 g/mol. The molecule has 1 fully saturated rings. The molecule has 6 heteroatoms. The van der Waals surface area contributed by atoms with Crippen LogP contribution >= 0.6 is 0 Å². The van der Waals surface area contributed by atoms with Crippen LogP contribution in [0.3, 0.4) is 0 Å². The third kappa shape index (κ3) is 6.09. The number of hydrogen-bond donors (Lipinski definition) is 3. The first-order valence-electron chi connectivity index (χ1n) is 11.2. The zero-order valence-electron chi connectivity index (χ0n) is 18.2. The Bertz CT molecular complexity index is 892. The topological polar surface area (TPSA) is 56.4 Å². The van der Waals surface area contributed by atoms with E-state index in [0.29, 0.717) is 19.8 Å². The zero-order valence-corrected chi connectivity index (χ0v) is 18.2. The van der Waals surface area contributed by atoms with Crippen LogP contribution in [0.1, 0.15) is 24.1 Å². The number of quaternary nitrogens is 2. The molecule has 31 heavy (non-hydrogen) atoms. The minimum atomic E-state index is -0.0576. The molecule has 2 aliphatic heterocycles. The molecule has 0 unspecified atom stereocenters. The fourth-order valence-electron chi connectivity index (χ4n) is 4.20. The minimum absolute atomic E-state index is 0.0576. The van der Waals surface area contributed by atoms with Gasteiger partial charge < -0.3 is 24.6 Å². The highest BCUT2D eigenvalue weighted by atomic mass is 16.6. The summed E-state index contributed by atoms with van der Waals surface area (Å²) in [5.74, 6) is 1.64. The second-order valence-electron chi connectivity index (χ2n) is 8.39. The Morgan fingerprint density at radius 2 is 1.71 bits per heavy atom. The summed E-state index contributed by atoms with van der Waals surface area (Å²) in [4.78, 5) is 15.5. The number of ether oxygens (including phenoxy) is 2. The molecule has 2 heterocycles. The number of piperazine rings is 1. The van der Waals surface area contributed by atoms with Gasteiger partial charge >= 0.3 is 0 Å². The van der Waals surface area contributed by atoms with E-state index >= 15 is 0 Å². The Balaban J connectivity index is 1.19. The van der Waals surface area contributed by atoms with Crippen molar-refractivity contribution in [1.29, 1.82) is 0 Å². The van der Waals surface area contributed by atoms with Gasteiger partial charge in [-0.05, 0) is 36.3 Å². The summed E-state index contributed by atoms with van der Waals surface area (Å²) in [6.45, 7) is 8.98. The van der Waals surface area contributed by atoms with Crippen molar-refractivity contribution in [1.82, 2.24) is 5.32 Å². The standard InChI is InChI=1S/C25H31N3O3/c1-20(22-9-10-23-24(18-22)31-17-16-30-23)26-25(29)19-28-14-12-27(13-15-28)11-5-8-21-6-3-2-4-7-21/h2-10,18,20H,11-17,19H2,1H3,(H,26,29)/p+2/b8-5+/t20-/m0/s1. The predicted octanol–water partition coefficient (Wildman–Crippen LogP) is 0.132. The second kappa shape index (κ2) is 10.5. The van der Waals surface area contributed by atoms with Crippen LogP contribution in [0.25, 0.3) is 6.08 Å². The number of hydrogen-bond acceptors (Lipinski definition) is 3. The van der Waals surface area contributed by atoms with Crippen molar-refractivity contribution in [2.24, 2.45) is 0 Å². The van der Waals surface area contributed by atoms with Gasteiger partial charge in [0, 0.05) is 0 Å². The molecule has 6 nitrogen and oxygen atoms in total. The van der Waals surface area contributed by atoms with Crippen molar-refractivity contribution in [2.75, 3.05) is 52.5 Å². The lowest BCUT2D eigenvalue weighted by Crippen LogP contribution is -3.28. The van der Waals surface area contributed by atoms with Crippen LogP contribution in [0.5, 0.6) is 11.5 Å². The normalized spacial score (nSPS) is 21.6. The predicted molar refractivity (Wildman–Crippen MR) is 121 cm³/mol. The Labute approximate surface area is 184 Å². The molecule has 0 aliphatic carbocycles. The molecule has 0 radical (unpaired) electrons. The minimum Gasteiger partial charge on any atom is -0.486 e. The van der Waals surface area contributed by atoms with Crippen LogP contribution in [-0.4, -0.2) is 58.4 Å². The molecule has 0 aromatic heterocycles. The number of amides is 1. The van der Waals surface area contributed by atoms with Crippen molar-refractivity contribution in [3.05, 3.63) is 65.7 Å². The Morgan fingerprint density at radius 3 is 2.48 bits per heavy atom. The number of carbonyl (C=O) groups is 1. The lowest BCUT2D eigenvalue weighted by molar-refractivity contribution is -1.01. The van der Waals surface area contributed by atoms with Crippen LogP contribution in [-0.2, 0) is 4.79 Å². The summed E-state index contributed by atoms with van der Waals surface area (Å²) in [5.41, 5.74) is 2.28. The van der Waals surface area contributed by atoms with Gasteiger partial charge in [0.15, 0.2) is 18.0 Å². The third-order valence-corrected chi connectivity index (χ3v) is 6.03. The molecule has 2 aromatic rings. The first-order valence-corrected chi connectivity index (χ1v) is 11.2. The summed E-state index contributed by atoms with van der Waals surface area (Å²) in [5, 5.41) is 3.14. The molecule has 0 bridgehead atoms. The van der Waals surface area contributed by atoms with Crippen molar-refractivity contribution in [3.8, 4) is 11.5 Å². The van der Waals surface area contributed by atoms with E-state index in [1.165, 1.54) is 10.5 Å². The van der Waals surface area contributed by atoms with Crippen molar-refractivity contribution in [2.45, 2.75) is 13.0 Å². The quantitative estimate of drug-likeness (QED) is 0.594. The van der Waals surface area contributed by atoms with E-state index < -0.39 is 0 Å². The average molecular weight is 424 g/mol. The molecule has 2 aliphatic rings. The molecule has 0 saturated carbocycles. The van der Waals surface area contributed by atoms with Crippen LogP contribution in [0.4, 0.5) is 0 Å². The lowest BCUT2D eigenvalue weighted by Gasteiger charge is -2.29. The van der Waals surface area contributed by atoms with E-state index in [4.69, 9.17) is 9.47 Å². The molecule has 1 atom stereocenters. The maximum Gasteiger partial charge on any atom is 0.275 e. The first kappa shape index (κ1) is 21.4. The molecule has 2 aromatic carbocycles. The monoisotopic (exact) mass is 423 g/mol. The maximum absolute atomic E-state index is 12.6. The fourth-order valence-corrected chi connectivity index (χ4v) is 4.20. The van der Waals surface area contributed by atoms with Gasteiger partial charge in [0.05, 0.1) is 12.6 Å². The highest BCUT2D eigenvalue weighted by Crippen LogP contribution is 2.32. The number of carbonyl (C=O) groups excluding carboxylic acids is 1. The Morgan fingerprint density at radius 1 is 1.00 bits per heavy atom. The summed E-state index contributed by atoms with van der Waals surface area (Å²) in [6, 6.07) is 16.2. The van der Waals surface area contributed by atoms with E-state index in [-0.39, 0.29) is 11.9 Å². The Hall–Kier alpha value is -2.83. The SMILES string of the molecule is C[C@H](NC(=O)C[NH+]1CC[NH+](C/C=C/c2ccccc2)CC1)c1ccc2c(c1)OCCO2. The summed E-state index contributed by atoms with van der Waals surface area (Å²) in [6.07, 6.45) is 4.45. The van der Waals surface area contributed by atoms with Crippen molar-refractivity contribution < 1.29 is 24.1 Å². The summed E-state index contributed by atoms with van der Waals surface area (Å²) < 4.78 is 11.2. The largest absolute Gasteiger partial charge is 0.486 e. The van der Waals surface area contributed by atoms with Crippen molar-refractivity contribution >= 4 is 12.0 Å². The molecule has 3 N–H and O–H groups in total. The fraction of sp³-hybridized carbons (Fsp3) is 0.400. The van der Waals surface area contributed by atoms with Gasteiger partial charge in [-0.2, -0.15) is 0 Å². The zero-order chi connectivity index (χ0) is 21.5. The van der Waals surface area contributed by atoms with E-state index in [1.807, 2.05) is 31.2 Å². The van der Waals surface area contributed by atoms with Gasteiger partial charge in [-0.25, -0.2) is 0 Å². The third-order valence-electron chi connectivity index (χ3n) is 6.03. The van der Waals surface area contributed by atoms with E-state index in [2.05, 4.69) is 41.7 Å². The van der Waals surface area contributed by atoms with Gasteiger partial charge in [0.1, 0.15) is 39.4 Å². The molecule has 1 amide bonds. The van der Waals surface area contributed by atoms with Gasteiger partial charge in [-0.1, -0.05) is 42.5 Å². The van der Waals surface area contributed by atoms with Gasteiger partial charge in [0.25, 0.3) is 5.91 Å². The molecule has 0 spiro atoms. The molecule has 1 saturated heterocycles. The second-order valence-corrected chi connectivity index (χ2v) is 8.39. The van der Waals surface area contributed by atoms with E-state index in [1.54, 1.807) is 4.90 Å². The van der Waals surface area contributed by atoms with Crippen LogP contribution in [0.2, 0.25) is 0 Å². The summed E-state index contributed by atoms with van der Waals surface area (Å²) >= 11 is 0. The number of rotatable bonds is 7. The van der Waals surface area contributed by atoms with Crippen LogP contribution < -0.4 is 24.6 Å². The lowest BCUT2D eigenvalue weighted by atomic mass is 10.1. The number of fused-ring (bicyclic) bond motifs is 1. The maximum atomic E-state index is 12.6.